The van der Waals surface area contributed by atoms with E-state index < -0.39 is 0 Å². The summed E-state index contributed by atoms with van der Waals surface area (Å²) >= 11 is 0. The average Bonchev–Trinajstić information content (AvgIpc) is 2.71. The lowest BCUT2D eigenvalue weighted by Crippen LogP contribution is -2.29. The van der Waals surface area contributed by atoms with Gasteiger partial charge in [0.15, 0.2) is 0 Å². The van der Waals surface area contributed by atoms with E-state index in [0.717, 1.165) is 5.56 Å². The van der Waals surface area contributed by atoms with Gasteiger partial charge >= 0.3 is 0 Å². The van der Waals surface area contributed by atoms with Gasteiger partial charge in [0.2, 0.25) is 5.91 Å². The van der Waals surface area contributed by atoms with Crippen molar-refractivity contribution in [2.75, 3.05) is 6.54 Å². The highest BCUT2D eigenvalue weighted by Gasteiger charge is 2.24. The standard InChI is InChI=1S/C17H18N2O/c20-17-11-15(13-7-3-1-4-8-13)19-16(12-18-17)14-9-5-2-6-10-14/h1-10,15-16,19H,11-12H2,(H,18,20). The van der Waals surface area contributed by atoms with Gasteiger partial charge in [-0.2, -0.15) is 0 Å². The predicted molar refractivity (Wildman–Crippen MR) is 79.1 cm³/mol. The van der Waals surface area contributed by atoms with Gasteiger partial charge < -0.3 is 10.6 Å². The Morgan fingerprint density at radius 1 is 0.800 bits per heavy atom. The zero-order valence-electron chi connectivity index (χ0n) is 11.3. The molecular formula is C17H18N2O. The smallest absolute Gasteiger partial charge is 0.221 e. The van der Waals surface area contributed by atoms with Crippen LogP contribution in [-0.2, 0) is 4.79 Å². The molecule has 2 atom stereocenters. The molecule has 20 heavy (non-hydrogen) atoms. The Labute approximate surface area is 119 Å². The molecule has 1 aliphatic rings. The van der Waals surface area contributed by atoms with Gasteiger partial charge in [-0.15, -0.1) is 0 Å². The molecule has 1 fully saturated rings. The summed E-state index contributed by atoms with van der Waals surface area (Å²) in [6.45, 7) is 0.631. The van der Waals surface area contributed by atoms with Crippen molar-refractivity contribution in [1.29, 1.82) is 0 Å². The second-order valence-corrected chi connectivity index (χ2v) is 5.10. The van der Waals surface area contributed by atoms with Gasteiger partial charge in [0.1, 0.15) is 0 Å². The largest absolute Gasteiger partial charge is 0.354 e. The second-order valence-electron chi connectivity index (χ2n) is 5.10. The summed E-state index contributed by atoms with van der Waals surface area (Å²) in [7, 11) is 0. The third kappa shape index (κ3) is 2.89. The van der Waals surface area contributed by atoms with Gasteiger partial charge in [0, 0.05) is 19.0 Å². The summed E-state index contributed by atoms with van der Waals surface area (Å²) in [5, 5.41) is 6.59. The number of hydrogen-bond acceptors (Lipinski definition) is 2. The molecule has 2 aromatic carbocycles. The maximum absolute atomic E-state index is 11.9. The van der Waals surface area contributed by atoms with E-state index in [-0.39, 0.29) is 18.0 Å². The summed E-state index contributed by atoms with van der Waals surface area (Å²) in [5.74, 6) is 0.102. The van der Waals surface area contributed by atoms with Gasteiger partial charge in [-0.1, -0.05) is 60.7 Å². The Kier molecular flexibility index (Phi) is 3.79. The number of carbonyl (C=O) groups is 1. The van der Waals surface area contributed by atoms with Crippen LogP contribution in [0.25, 0.3) is 0 Å². The van der Waals surface area contributed by atoms with E-state index in [1.807, 2.05) is 36.4 Å². The van der Waals surface area contributed by atoms with Crippen LogP contribution >= 0.6 is 0 Å². The highest BCUT2D eigenvalue weighted by Crippen LogP contribution is 2.24. The average molecular weight is 266 g/mol. The summed E-state index contributed by atoms with van der Waals surface area (Å²) < 4.78 is 0. The van der Waals surface area contributed by atoms with Crippen LogP contribution in [0.5, 0.6) is 0 Å². The molecule has 102 valence electrons. The monoisotopic (exact) mass is 266 g/mol. The van der Waals surface area contributed by atoms with Crippen molar-refractivity contribution in [3.8, 4) is 0 Å². The normalized spacial score (nSPS) is 22.9. The van der Waals surface area contributed by atoms with Crippen LogP contribution in [-0.4, -0.2) is 12.5 Å². The molecule has 1 heterocycles. The van der Waals surface area contributed by atoms with Crippen molar-refractivity contribution in [1.82, 2.24) is 10.6 Å². The molecule has 2 aromatic rings. The lowest BCUT2D eigenvalue weighted by atomic mass is 10.0. The number of hydrogen-bond donors (Lipinski definition) is 2. The Hall–Kier alpha value is -2.13. The van der Waals surface area contributed by atoms with E-state index in [1.54, 1.807) is 0 Å². The molecule has 3 nitrogen and oxygen atoms in total. The minimum atomic E-state index is 0.0592. The summed E-state index contributed by atoms with van der Waals surface area (Å²) in [6.07, 6.45) is 0.480. The van der Waals surface area contributed by atoms with E-state index >= 15 is 0 Å². The van der Waals surface area contributed by atoms with Crippen LogP contribution in [0, 0.1) is 0 Å². The van der Waals surface area contributed by atoms with E-state index in [2.05, 4.69) is 34.9 Å². The van der Waals surface area contributed by atoms with Crippen molar-refractivity contribution < 1.29 is 4.79 Å². The molecule has 0 saturated carbocycles. The third-order valence-corrected chi connectivity index (χ3v) is 3.70. The van der Waals surface area contributed by atoms with Gasteiger partial charge in [0.05, 0.1) is 6.04 Å². The molecular weight excluding hydrogens is 248 g/mol. The molecule has 0 spiro atoms. The minimum absolute atomic E-state index is 0.0592. The van der Waals surface area contributed by atoms with Gasteiger partial charge in [-0.3, -0.25) is 4.79 Å². The molecule has 0 bridgehead atoms. The first kappa shape index (κ1) is 12.9. The Bertz CT molecular complexity index is 568. The predicted octanol–water partition coefficient (Wildman–Crippen LogP) is 2.58. The fourth-order valence-electron chi connectivity index (χ4n) is 2.63. The molecule has 1 saturated heterocycles. The summed E-state index contributed by atoms with van der Waals surface area (Å²) in [4.78, 5) is 11.9. The number of benzene rings is 2. The Morgan fingerprint density at radius 2 is 1.35 bits per heavy atom. The topological polar surface area (TPSA) is 41.1 Å². The molecule has 1 amide bonds. The van der Waals surface area contributed by atoms with Gasteiger partial charge in [0.25, 0.3) is 0 Å². The fraction of sp³-hybridized carbons (Fsp3) is 0.235. The maximum atomic E-state index is 11.9. The highest BCUT2D eigenvalue weighted by molar-refractivity contribution is 5.77. The van der Waals surface area contributed by atoms with E-state index in [0.29, 0.717) is 13.0 Å². The highest BCUT2D eigenvalue weighted by atomic mass is 16.1. The lowest BCUT2D eigenvalue weighted by molar-refractivity contribution is -0.121. The molecule has 0 radical (unpaired) electrons. The number of amides is 1. The van der Waals surface area contributed by atoms with Crippen molar-refractivity contribution in [2.45, 2.75) is 18.5 Å². The zero-order chi connectivity index (χ0) is 13.8. The van der Waals surface area contributed by atoms with Crippen molar-refractivity contribution in [3.63, 3.8) is 0 Å². The zero-order valence-corrected chi connectivity index (χ0v) is 11.3. The Morgan fingerprint density at radius 3 is 1.95 bits per heavy atom. The quantitative estimate of drug-likeness (QED) is 0.877. The minimum Gasteiger partial charge on any atom is -0.354 e. The van der Waals surface area contributed by atoms with Gasteiger partial charge in [-0.05, 0) is 11.1 Å². The Balaban J connectivity index is 1.86. The van der Waals surface area contributed by atoms with Crippen LogP contribution in [0.4, 0.5) is 0 Å². The first-order valence-electron chi connectivity index (χ1n) is 6.95. The SMILES string of the molecule is O=C1CC(c2ccccc2)NC(c2ccccc2)CN1. The second kappa shape index (κ2) is 5.88. The number of rotatable bonds is 2. The van der Waals surface area contributed by atoms with Crippen LogP contribution in [0.3, 0.4) is 0 Å². The van der Waals surface area contributed by atoms with E-state index in [4.69, 9.17) is 0 Å². The number of nitrogens with one attached hydrogen (secondary N) is 2. The molecule has 2 N–H and O–H groups in total. The van der Waals surface area contributed by atoms with E-state index in [1.165, 1.54) is 5.56 Å². The number of carbonyl (C=O) groups excluding carboxylic acids is 1. The van der Waals surface area contributed by atoms with Gasteiger partial charge in [-0.25, -0.2) is 0 Å². The molecule has 2 unspecified atom stereocenters. The molecule has 0 aliphatic carbocycles. The fourth-order valence-corrected chi connectivity index (χ4v) is 2.63. The molecule has 1 aliphatic heterocycles. The summed E-state index contributed by atoms with van der Waals surface area (Å²) in [6, 6.07) is 20.6. The molecule has 3 heteroatoms. The molecule has 3 rings (SSSR count). The van der Waals surface area contributed by atoms with Crippen LogP contribution in [0.1, 0.15) is 29.6 Å². The third-order valence-electron chi connectivity index (χ3n) is 3.70. The van der Waals surface area contributed by atoms with Crippen LogP contribution < -0.4 is 10.6 Å². The van der Waals surface area contributed by atoms with Crippen molar-refractivity contribution in [2.24, 2.45) is 0 Å². The molecule has 0 aromatic heterocycles. The van der Waals surface area contributed by atoms with Crippen LogP contribution in [0.2, 0.25) is 0 Å². The van der Waals surface area contributed by atoms with Crippen LogP contribution in [0.15, 0.2) is 60.7 Å². The maximum Gasteiger partial charge on any atom is 0.221 e. The first-order chi connectivity index (χ1) is 9.83. The first-order valence-corrected chi connectivity index (χ1v) is 6.95. The van der Waals surface area contributed by atoms with Crippen molar-refractivity contribution >= 4 is 5.91 Å². The summed E-state index contributed by atoms with van der Waals surface area (Å²) in [5.41, 5.74) is 2.36. The van der Waals surface area contributed by atoms with E-state index in [9.17, 15) is 4.79 Å². The lowest BCUT2D eigenvalue weighted by Gasteiger charge is -2.22. The van der Waals surface area contributed by atoms with Crippen molar-refractivity contribution in [3.05, 3.63) is 71.8 Å².